The van der Waals surface area contributed by atoms with E-state index < -0.39 is 11.9 Å². The summed E-state index contributed by atoms with van der Waals surface area (Å²) in [6.45, 7) is 1.88. The van der Waals surface area contributed by atoms with Gasteiger partial charge in [0.1, 0.15) is 12.2 Å². The summed E-state index contributed by atoms with van der Waals surface area (Å²) in [5.41, 5.74) is 1.34. The third kappa shape index (κ3) is 4.18. The predicted molar refractivity (Wildman–Crippen MR) is 113 cm³/mol. The number of nitrogens with zero attached hydrogens (tertiary/aromatic N) is 2. The third-order valence-electron chi connectivity index (χ3n) is 4.82. The van der Waals surface area contributed by atoms with E-state index in [2.05, 4.69) is 4.98 Å². The summed E-state index contributed by atoms with van der Waals surface area (Å²) in [7, 11) is 0. The van der Waals surface area contributed by atoms with Crippen molar-refractivity contribution in [3.8, 4) is 0 Å². The number of esters is 2. The minimum Gasteiger partial charge on any atom is -0.461 e. The lowest BCUT2D eigenvalue weighted by Gasteiger charge is -2.08. The molecule has 0 spiro atoms. The van der Waals surface area contributed by atoms with Crippen LogP contribution in [0, 0.1) is 0 Å². The molecule has 4 rings (SSSR count). The average Bonchev–Trinajstić information content (AvgIpc) is 3.16. The number of para-hydroxylation sites is 2. The maximum absolute atomic E-state index is 12.5. The molecule has 2 aromatic heterocycles. The van der Waals surface area contributed by atoms with Gasteiger partial charge in [-0.25, -0.2) is 9.78 Å². The van der Waals surface area contributed by atoms with Gasteiger partial charge in [0.15, 0.2) is 0 Å². The fourth-order valence-electron chi connectivity index (χ4n) is 3.31. The standard InChI is InChI=1S/C23H20N2O6/c1-2-29-23(28)21-17(15-7-4-6-10-19(15)31-21)13-30-20(26)11-12-25-14-24-18-9-5-3-8-16(18)22(25)27/h3-10,14H,2,11-13H2,1H3. The SMILES string of the molecule is CCOC(=O)c1oc2ccccc2c1COC(=O)CCn1cnc2ccccc2c1=O. The molecular weight excluding hydrogens is 400 g/mol. The highest BCUT2D eigenvalue weighted by Crippen LogP contribution is 2.27. The summed E-state index contributed by atoms with van der Waals surface area (Å²) < 4.78 is 17.4. The van der Waals surface area contributed by atoms with E-state index in [0.29, 0.717) is 27.4 Å². The molecule has 2 heterocycles. The molecular formula is C23H20N2O6. The van der Waals surface area contributed by atoms with Gasteiger partial charge in [-0.1, -0.05) is 30.3 Å². The normalized spacial score (nSPS) is 11.0. The van der Waals surface area contributed by atoms with Gasteiger partial charge >= 0.3 is 11.9 Å². The lowest BCUT2D eigenvalue weighted by Crippen LogP contribution is -2.22. The summed E-state index contributed by atoms with van der Waals surface area (Å²) in [4.78, 5) is 41.3. The van der Waals surface area contributed by atoms with Crippen molar-refractivity contribution in [2.24, 2.45) is 0 Å². The third-order valence-corrected chi connectivity index (χ3v) is 4.82. The zero-order chi connectivity index (χ0) is 21.8. The van der Waals surface area contributed by atoms with Gasteiger partial charge in [0.05, 0.1) is 35.8 Å². The zero-order valence-corrected chi connectivity index (χ0v) is 16.9. The van der Waals surface area contributed by atoms with Gasteiger partial charge in [-0.15, -0.1) is 0 Å². The lowest BCUT2D eigenvalue weighted by molar-refractivity contribution is -0.145. The van der Waals surface area contributed by atoms with Gasteiger partial charge in [0.2, 0.25) is 5.76 Å². The largest absolute Gasteiger partial charge is 0.461 e. The van der Waals surface area contributed by atoms with Crippen molar-refractivity contribution in [2.75, 3.05) is 6.61 Å². The van der Waals surface area contributed by atoms with E-state index in [1.54, 1.807) is 55.5 Å². The topological polar surface area (TPSA) is 101 Å². The second kappa shape index (κ2) is 8.83. The number of ether oxygens (including phenoxy) is 2. The van der Waals surface area contributed by atoms with Crippen molar-refractivity contribution in [1.82, 2.24) is 9.55 Å². The highest BCUT2D eigenvalue weighted by molar-refractivity contribution is 5.96. The maximum Gasteiger partial charge on any atom is 0.374 e. The molecule has 0 aliphatic carbocycles. The fraction of sp³-hybridized carbons (Fsp3) is 0.217. The molecule has 0 N–H and O–H groups in total. The van der Waals surface area contributed by atoms with Crippen LogP contribution in [0.5, 0.6) is 0 Å². The Bertz CT molecular complexity index is 1320. The number of carbonyl (C=O) groups excluding carboxylic acids is 2. The number of furan rings is 1. The summed E-state index contributed by atoms with van der Waals surface area (Å²) >= 11 is 0. The minimum atomic E-state index is -0.612. The van der Waals surface area contributed by atoms with Gasteiger partial charge in [0.25, 0.3) is 5.56 Å². The number of aromatic nitrogens is 2. The van der Waals surface area contributed by atoms with Crippen molar-refractivity contribution in [1.29, 1.82) is 0 Å². The molecule has 0 radical (unpaired) electrons. The van der Waals surface area contributed by atoms with Gasteiger partial charge in [-0.05, 0) is 25.1 Å². The van der Waals surface area contributed by atoms with Gasteiger partial charge < -0.3 is 13.9 Å². The number of benzene rings is 2. The van der Waals surface area contributed by atoms with E-state index in [9.17, 15) is 14.4 Å². The van der Waals surface area contributed by atoms with Gasteiger partial charge in [0, 0.05) is 11.9 Å². The monoisotopic (exact) mass is 420 g/mol. The van der Waals surface area contributed by atoms with Crippen molar-refractivity contribution in [3.05, 3.63) is 76.5 Å². The Labute approximate surface area is 177 Å². The summed E-state index contributed by atoms with van der Waals surface area (Å²) in [6.07, 6.45) is 1.39. The van der Waals surface area contributed by atoms with E-state index in [4.69, 9.17) is 13.9 Å². The highest BCUT2D eigenvalue weighted by Gasteiger charge is 2.22. The van der Waals surface area contributed by atoms with E-state index in [0.717, 1.165) is 0 Å². The molecule has 0 amide bonds. The van der Waals surface area contributed by atoms with Crippen LogP contribution >= 0.6 is 0 Å². The quantitative estimate of drug-likeness (QED) is 0.422. The van der Waals surface area contributed by atoms with Gasteiger partial charge in [-0.3, -0.25) is 14.2 Å². The maximum atomic E-state index is 12.5. The summed E-state index contributed by atoms with van der Waals surface area (Å²) in [5, 5.41) is 1.16. The molecule has 0 bridgehead atoms. The van der Waals surface area contributed by atoms with E-state index in [1.807, 2.05) is 0 Å². The van der Waals surface area contributed by atoms with Gasteiger partial charge in [-0.2, -0.15) is 0 Å². The first kappa shape index (κ1) is 20.3. The molecule has 0 saturated carbocycles. The molecule has 2 aromatic carbocycles. The lowest BCUT2D eigenvalue weighted by atomic mass is 10.1. The number of carbonyl (C=O) groups is 2. The molecule has 0 aliphatic rings. The summed E-state index contributed by atoms with van der Waals surface area (Å²) in [5.74, 6) is -1.11. The van der Waals surface area contributed by atoms with E-state index in [1.165, 1.54) is 10.9 Å². The fourth-order valence-corrected chi connectivity index (χ4v) is 3.31. The Morgan fingerprint density at radius 3 is 2.58 bits per heavy atom. The molecule has 0 atom stereocenters. The van der Waals surface area contributed by atoms with Crippen LogP contribution in [0.1, 0.15) is 29.5 Å². The smallest absolute Gasteiger partial charge is 0.374 e. The Morgan fingerprint density at radius 2 is 1.77 bits per heavy atom. The first-order valence-corrected chi connectivity index (χ1v) is 9.85. The van der Waals surface area contributed by atoms with Crippen LogP contribution in [0.4, 0.5) is 0 Å². The number of hydrogen-bond acceptors (Lipinski definition) is 7. The van der Waals surface area contributed by atoms with Crippen LogP contribution in [0.15, 0.2) is 64.1 Å². The van der Waals surface area contributed by atoms with Crippen molar-refractivity contribution >= 4 is 33.8 Å². The van der Waals surface area contributed by atoms with Crippen LogP contribution in [-0.2, 0) is 27.4 Å². The molecule has 4 aromatic rings. The average molecular weight is 420 g/mol. The Hall–Kier alpha value is -3.94. The molecule has 8 heteroatoms. The van der Waals surface area contributed by atoms with Crippen LogP contribution < -0.4 is 5.56 Å². The Morgan fingerprint density at radius 1 is 1.03 bits per heavy atom. The molecule has 8 nitrogen and oxygen atoms in total. The van der Waals surface area contributed by atoms with Crippen molar-refractivity contribution in [3.63, 3.8) is 0 Å². The number of rotatable bonds is 7. The minimum absolute atomic E-state index is 0.0193. The first-order chi connectivity index (χ1) is 15.1. The molecule has 0 aliphatic heterocycles. The second-order valence-corrected chi connectivity index (χ2v) is 6.80. The Balaban J connectivity index is 1.46. The van der Waals surface area contributed by atoms with E-state index in [-0.39, 0.29) is 37.5 Å². The highest BCUT2D eigenvalue weighted by atomic mass is 16.5. The van der Waals surface area contributed by atoms with Crippen LogP contribution in [0.3, 0.4) is 0 Å². The molecule has 0 unspecified atom stereocenters. The van der Waals surface area contributed by atoms with E-state index >= 15 is 0 Å². The first-order valence-electron chi connectivity index (χ1n) is 9.85. The second-order valence-electron chi connectivity index (χ2n) is 6.80. The molecule has 31 heavy (non-hydrogen) atoms. The Kier molecular flexibility index (Phi) is 5.79. The van der Waals surface area contributed by atoms with Crippen molar-refractivity contribution in [2.45, 2.75) is 26.5 Å². The molecule has 158 valence electrons. The number of hydrogen-bond donors (Lipinski definition) is 0. The van der Waals surface area contributed by atoms with Crippen molar-refractivity contribution < 1.29 is 23.5 Å². The number of aryl methyl sites for hydroxylation is 1. The molecule has 0 fully saturated rings. The predicted octanol–water partition coefficient (Wildman–Crippen LogP) is 3.45. The summed E-state index contributed by atoms with van der Waals surface area (Å²) in [6, 6.07) is 14.1. The molecule has 0 saturated heterocycles. The zero-order valence-electron chi connectivity index (χ0n) is 16.9. The van der Waals surface area contributed by atoms with Crippen LogP contribution in [-0.4, -0.2) is 28.1 Å². The number of fused-ring (bicyclic) bond motifs is 2. The van der Waals surface area contributed by atoms with Crippen LogP contribution in [0.25, 0.3) is 21.9 Å². The van der Waals surface area contributed by atoms with Crippen LogP contribution in [0.2, 0.25) is 0 Å².